The highest BCUT2D eigenvalue weighted by atomic mass is 79.9. The zero-order valence-corrected chi connectivity index (χ0v) is 21.6. The average Bonchev–Trinajstić information content (AvgIpc) is 3.23. The molecule has 0 saturated carbocycles. The van der Waals surface area contributed by atoms with E-state index < -0.39 is 0 Å². The number of aryl methyl sites for hydroxylation is 3. The summed E-state index contributed by atoms with van der Waals surface area (Å²) in [5.41, 5.74) is 5.08. The maximum Gasteiger partial charge on any atom is 0.278 e. The highest BCUT2D eigenvalue weighted by Crippen LogP contribution is 2.26. The highest BCUT2D eigenvalue weighted by molar-refractivity contribution is 9.10. The molecule has 8 nitrogen and oxygen atoms in total. The Balaban J connectivity index is 1.68. The lowest BCUT2D eigenvalue weighted by atomic mass is 10.2. The van der Waals surface area contributed by atoms with Gasteiger partial charge in [-0.15, -0.1) is 5.10 Å². The molecule has 1 amide bonds. The van der Waals surface area contributed by atoms with Gasteiger partial charge in [0.25, 0.3) is 5.91 Å². The number of hydrogen-bond donors (Lipinski definition) is 1. The van der Waals surface area contributed by atoms with Crippen LogP contribution in [0.15, 0.2) is 58.2 Å². The van der Waals surface area contributed by atoms with E-state index in [1.807, 2.05) is 69.3 Å². The van der Waals surface area contributed by atoms with Crippen molar-refractivity contribution in [1.82, 2.24) is 25.0 Å². The van der Waals surface area contributed by atoms with Crippen molar-refractivity contribution >= 4 is 39.3 Å². The molecule has 0 spiro atoms. The van der Waals surface area contributed by atoms with E-state index in [4.69, 9.17) is 4.74 Å². The summed E-state index contributed by atoms with van der Waals surface area (Å²) in [4.78, 5) is 22.2. The van der Waals surface area contributed by atoms with Crippen LogP contribution in [-0.4, -0.2) is 38.0 Å². The van der Waals surface area contributed by atoms with Crippen molar-refractivity contribution in [3.05, 3.63) is 81.3 Å². The molecule has 2 aromatic carbocycles. The van der Waals surface area contributed by atoms with Gasteiger partial charge in [0.1, 0.15) is 5.75 Å². The van der Waals surface area contributed by atoms with Gasteiger partial charge in [-0.2, -0.15) is 0 Å². The number of nitrogens with zero attached hydrogens (tertiary/aromatic N) is 5. The maximum absolute atomic E-state index is 13.2. The molecular weight excluding hydrogens is 516 g/mol. The van der Waals surface area contributed by atoms with E-state index in [9.17, 15) is 4.79 Å². The summed E-state index contributed by atoms with van der Waals surface area (Å²) >= 11 is 4.88. The molecule has 2 heterocycles. The summed E-state index contributed by atoms with van der Waals surface area (Å²) in [6.45, 7) is 5.80. The summed E-state index contributed by atoms with van der Waals surface area (Å²) in [7, 11) is 1.61. The van der Waals surface area contributed by atoms with Gasteiger partial charge in [-0.25, -0.2) is 14.6 Å². The quantitative estimate of drug-likeness (QED) is 0.252. The molecule has 0 unspecified atom stereocenters. The fourth-order valence-corrected chi connectivity index (χ4v) is 4.80. The summed E-state index contributed by atoms with van der Waals surface area (Å²) in [6.07, 6.45) is 0. The molecule has 0 aliphatic rings. The van der Waals surface area contributed by atoms with Crippen LogP contribution in [0.1, 0.15) is 33.1 Å². The topological polar surface area (TPSA) is 94.8 Å². The Bertz CT molecular complexity index is 1320. The van der Waals surface area contributed by atoms with Gasteiger partial charge in [0.2, 0.25) is 0 Å². The lowest BCUT2D eigenvalue weighted by molar-refractivity contribution is 0.102. The number of halogens is 1. The van der Waals surface area contributed by atoms with Gasteiger partial charge < -0.3 is 10.1 Å². The van der Waals surface area contributed by atoms with Crippen molar-refractivity contribution in [2.24, 2.45) is 0 Å². The first-order valence-corrected chi connectivity index (χ1v) is 12.2. The normalized spacial score (nSPS) is 10.9. The first kappa shape index (κ1) is 23.9. The number of nitrogens with one attached hydrogen (secondary N) is 1. The number of anilines is 1. The number of thioether (sulfide) groups is 1. The second kappa shape index (κ2) is 10.4. The molecule has 4 rings (SSSR count). The van der Waals surface area contributed by atoms with Crippen LogP contribution < -0.4 is 10.1 Å². The number of methoxy groups -OCH3 is 1. The van der Waals surface area contributed by atoms with Crippen molar-refractivity contribution in [2.45, 2.75) is 31.7 Å². The summed E-state index contributed by atoms with van der Waals surface area (Å²) in [6, 6.07) is 15.0. The van der Waals surface area contributed by atoms with E-state index >= 15 is 0 Å². The Morgan fingerprint density at radius 1 is 1.06 bits per heavy atom. The van der Waals surface area contributed by atoms with Crippen LogP contribution in [0.4, 0.5) is 5.69 Å². The second-order valence-corrected chi connectivity index (χ2v) is 9.49. The van der Waals surface area contributed by atoms with E-state index in [1.165, 1.54) is 11.8 Å². The number of hydrogen-bond acceptors (Lipinski definition) is 7. The number of amides is 1. The van der Waals surface area contributed by atoms with Crippen molar-refractivity contribution in [3.8, 4) is 11.4 Å². The molecule has 2 aromatic heterocycles. The average molecular weight is 539 g/mol. The first-order chi connectivity index (χ1) is 16.3. The zero-order chi connectivity index (χ0) is 24.2. The van der Waals surface area contributed by atoms with Crippen molar-refractivity contribution in [1.29, 1.82) is 0 Å². The maximum atomic E-state index is 13.2. The van der Waals surface area contributed by atoms with Crippen LogP contribution in [0.3, 0.4) is 0 Å². The number of ether oxygens (including phenoxy) is 1. The Labute approximate surface area is 210 Å². The molecule has 0 radical (unpaired) electrons. The van der Waals surface area contributed by atoms with E-state index in [-0.39, 0.29) is 11.6 Å². The van der Waals surface area contributed by atoms with Gasteiger partial charge in [0, 0.05) is 27.3 Å². The molecule has 0 aliphatic heterocycles. The summed E-state index contributed by atoms with van der Waals surface area (Å²) < 4.78 is 7.87. The minimum atomic E-state index is -0.331. The monoisotopic (exact) mass is 538 g/mol. The number of rotatable bonds is 7. The molecule has 0 fully saturated rings. The van der Waals surface area contributed by atoms with Gasteiger partial charge in [-0.3, -0.25) is 4.79 Å². The van der Waals surface area contributed by atoms with Crippen LogP contribution in [0.25, 0.3) is 5.69 Å². The molecule has 1 N–H and O–H groups in total. The smallest absolute Gasteiger partial charge is 0.278 e. The zero-order valence-electron chi connectivity index (χ0n) is 19.2. The van der Waals surface area contributed by atoms with Crippen molar-refractivity contribution in [3.63, 3.8) is 0 Å². The van der Waals surface area contributed by atoms with Crippen LogP contribution in [0.5, 0.6) is 5.75 Å². The molecule has 0 atom stereocenters. The van der Waals surface area contributed by atoms with Crippen LogP contribution in [-0.2, 0) is 5.75 Å². The minimum absolute atomic E-state index is 0.245. The van der Waals surface area contributed by atoms with Gasteiger partial charge >= 0.3 is 0 Å². The lowest BCUT2D eigenvalue weighted by Gasteiger charge is -2.10. The van der Waals surface area contributed by atoms with Crippen molar-refractivity contribution < 1.29 is 9.53 Å². The molecule has 0 aliphatic carbocycles. The lowest BCUT2D eigenvalue weighted by Crippen LogP contribution is -2.16. The number of carbonyl (C=O) groups is 1. The Hall–Kier alpha value is -3.24. The van der Waals surface area contributed by atoms with Crippen LogP contribution in [0.2, 0.25) is 0 Å². The Morgan fingerprint density at radius 2 is 1.76 bits per heavy atom. The fourth-order valence-electron chi connectivity index (χ4n) is 3.38. The summed E-state index contributed by atoms with van der Waals surface area (Å²) in [5.74, 6) is 0.804. The third kappa shape index (κ3) is 5.45. The molecule has 0 bridgehead atoms. The fraction of sp³-hybridized carbons (Fsp3) is 0.208. The van der Waals surface area contributed by atoms with Gasteiger partial charge in [0.05, 0.1) is 18.5 Å². The van der Waals surface area contributed by atoms with E-state index in [0.29, 0.717) is 22.3 Å². The third-order valence-corrected chi connectivity index (χ3v) is 6.38. The Morgan fingerprint density at radius 3 is 2.41 bits per heavy atom. The van der Waals surface area contributed by atoms with Gasteiger partial charge in [-0.05, 0) is 74.9 Å². The van der Waals surface area contributed by atoms with Crippen LogP contribution >= 0.6 is 27.7 Å². The molecule has 10 heteroatoms. The second-order valence-electron chi connectivity index (χ2n) is 7.63. The van der Waals surface area contributed by atoms with Gasteiger partial charge in [0.15, 0.2) is 10.9 Å². The van der Waals surface area contributed by atoms with Crippen molar-refractivity contribution in [2.75, 3.05) is 12.4 Å². The predicted molar refractivity (Wildman–Crippen MR) is 136 cm³/mol. The van der Waals surface area contributed by atoms with E-state index in [1.54, 1.807) is 11.8 Å². The van der Waals surface area contributed by atoms with Gasteiger partial charge in [-0.1, -0.05) is 32.9 Å². The minimum Gasteiger partial charge on any atom is -0.497 e. The highest BCUT2D eigenvalue weighted by Gasteiger charge is 2.22. The van der Waals surface area contributed by atoms with E-state index in [0.717, 1.165) is 32.9 Å². The van der Waals surface area contributed by atoms with Crippen LogP contribution in [0, 0.1) is 20.8 Å². The molecular formula is C24H23BrN6O2S. The number of benzene rings is 2. The standard InChI is InChI=1S/C24H23BrN6O2S/c1-14-11-17(25)5-10-20(14)28-23(32)22-21(13-34-24-26-15(2)12-16(3)27-24)31(30-29-22)18-6-8-19(33-4)9-7-18/h5-12H,13H2,1-4H3,(H,28,32). The first-order valence-electron chi connectivity index (χ1n) is 10.5. The Kier molecular flexibility index (Phi) is 7.28. The molecule has 174 valence electrons. The number of carbonyl (C=O) groups excluding carboxylic acids is 1. The number of aromatic nitrogens is 5. The molecule has 0 saturated heterocycles. The SMILES string of the molecule is COc1ccc(-n2nnc(C(=O)Nc3ccc(Br)cc3C)c2CSc2nc(C)cc(C)n2)cc1. The molecule has 34 heavy (non-hydrogen) atoms. The van der Waals surface area contributed by atoms with E-state index in [2.05, 4.69) is 41.5 Å². The molecule has 4 aromatic rings. The largest absolute Gasteiger partial charge is 0.497 e. The summed E-state index contributed by atoms with van der Waals surface area (Å²) in [5, 5.41) is 12.1. The third-order valence-electron chi connectivity index (χ3n) is 5.03. The predicted octanol–water partition coefficient (Wildman–Crippen LogP) is 5.30.